The molecule has 0 aromatic heterocycles. The normalized spacial score (nSPS) is 14.4. The van der Waals surface area contributed by atoms with Gasteiger partial charge in [-0.05, 0) is 37.5 Å². The van der Waals surface area contributed by atoms with Crippen molar-refractivity contribution in [3.8, 4) is 0 Å². The second-order valence-corrected chi connectivity index (χ2v) is 28.9. The average molecular weight is 1310 g/mol. The van der Waals surface area contributed by atoms with Gasteiger partial charge in [0, 0.05) is 25.7 Å². The molecule has 0 fully saturated rings. The minimum Gasteiger partial charge on any atom is -0.462 e. The number of aliphatic hydroxyl groups excluding tert-OH is 1. The van der Waals surface area contributed by atoms with Gasteiger partial charge >= 0.3 is 39.5 Å². The van der Waals surface area contributed by atoms with Gasteiger partial charge in [0.05, 0.1) is 26.4 Å². The minimum absolute atomic E-state index is 0.104. The summed E-state index contributed by atoms with van der Waals surface area (Å²) in [6.45, 7) is 9.52. The fraction of sp³-hybridized carbons (Fsp3) is 0.943. The Morgan fingerprint density at radius 1 is 0.326 bits per heavy atom. The number of unbranched alkanes of at least 4 members (excludes halogenated alkanes) is 38. The van der Waals surface area contributed by atoms with Crippen LogP contribution >= 0.6 is 15.6 Å². The molecule has 0 radical (unpaired) electrons. The maximum absolute atomic E-state index is 13.0. The van der Waals surface area contributed by atoms with Crippen molar-refractivity contribution in [3.05, 3.63) is 0 Å². The van der Waals surface area contributed by atoms with E-state index in [4.69, 9.17) is 37.0 Å². The van der Waals surface area contributed by atoms with E-state index in [0.717, 1.165) is 102 Å². The maximum Gasteiger partial charge on any atom is 0.472 e. The van der Waals surface area contributed by atoms with E-state index >= 15 is 0 Å². The van der Waals surface area contributed by atoms with Crippen LogP contribution in [0.2, 0.25) is 0 Å². The average Bonchev–Trinajstić information content (AvgIpc) is 3.70. The summed E-state index contributed by atoms with van der Waals surface area (Å²) >= 11 is 0. The van der Waals surface area contributed by atoms with Gasteiger partial charge in [0.15, 0.2) is 12.2 Å². The zero-order chi connectivity index (χ0) is 65.7. The SMILES string of the molecule is CCCCCCCCCCCCCCCCCC(=O)O[C@H](COC(=O)CCCCCCCCCCCCC(C)CC)COP(=O)(O)OC[C@@H](O)COP(=O)(O)OC[C@@H](COC(=O)CCCCCCCCCCC)OC(=O)CCCCCCCCCCC(C)C. The van der Waals surface area contributed by atoms with Gasteiger partial charge in [-0.15, -0.1) is 0 Å². The number of carbonyl (C=O) groups excluding carboxylic acids is 4. The molecule has 0 aromatic carbocycles. The van der Waals surface area contributed by atoms with Gasteiger partial charge < -0.3 is 33.8 Å². The summed E-state index contributed by atoms with van der Waals surface area (Å²) < 4.78 is 68.3. The molecular formula is C70H136O17P2. The molecule has 0 saturated heterocycles. The van der Waals surface area contributed by atoms with Crippen molar-refractivity contribution in [2.75, 3.05) is 39.6 Å². The minimum atomic E-state index is -4.95. The zero-order valence-electron chi connectivity index (χ0n) is 57.7. The Balaban J connectivity index is 5.24. The summed E-state index contributed by atoms with van der Waals surface area (Å²) in [7, 11) is -9.90. The van der Waals surface area contributed by atoms with E-state index in [1.54, 1.807) is 0 Å². The van der Waals surface area contributed by atoms with Crippen LogP contribution in [0, 0.1) is 11.8 Å². The number of esters is 4. The Morgan fingerprint density at radius 2 is 0.573 bits per heavy atom. The van der Waals surface area contributed by atoms with Gasteiger partial charge in [-0.2, -0.15) is 0 Å². The molecule has 0 heterocycles. The smallest absolute Gasteiger partial charge is 0.462 e. The highest BCUT2D eigenvalue weighted by molar-refractivity contribution is 7.47. The third-order valence-corrected chi connectivity index (χ3v) is 18.5. The van der Waals surface area contributed by atoms with Crippen LogP contribution in [0.1, 0.15) is 356 Å². The van der Waals surface area contributed by atoms with Crippen LogP contribution in [0.15, 0.2) is 0 Å². The van der Waals surface area contributed by atoms with Crippen LogP contribution in [-0.4, -0.2) is 96.7 Å². The van der Waals surface area contributed by atoms with Crippen molar-refractivity contribution in [3.63, 3.8) is 0 Å². The lowest BCUT2D eigenvalue weighted by molar-refractivity contribution is -0.161. The number of ether oxygens (including phenoxy) is 4. The van der Waals surface area contributed by atoms with Gasteiger partial charge in [0.25, 0.3) is 0 Å². The molecule has 0 aliphatic rings. The molecule has 3 N–H and O–H groups in total. The summed E-state index contributed by atoms with van der Waals surface area (Å²) in [5, 5.41) is 10.6. The molecule has 0 aliphatic heterocycles. The molecule has 0 aromatic rings. The van der Waals surface area contributed by atoms with Crippen molar-refractivity contribution in [2.45, 2.75) is 374 Å². The van der Waals surface area contributed by atoms with Crippen LogP contribution in [0.5, 0.6) is 0 Å². The van der Waals surface area contributed by atoms with Gasteiger partial charge in [0.1, 0.15) is 19.3 Å². The van der Waals surface area contributed by atoms with Gasteiger partial charge in [-0.1, -0.05) is 305 Å². The molecule has 0 saturated carbocycles. The summed E-state index contributed by atoms with van der Waals surface area (Å²) in [6, 6.07) is 0. The van der Waals surface area contributed by atoms with E-state index in [0.29, 0.717) is 25.7 Å². The molecule has 6 atom stereocenters. The molecule has 0 amide bonds. The first-order valence-electron chi connectivity index (χ1n) is 36.5. The van der Waals surface area contributed by atoms with Gasteiger partial charge in [0.2, 0.25) is 0 Å². The molecule has 17 nitrogen and oxygen atoms in total. The summed E-state index contributed by atoms with van der Waals surface area (Å²) in [6.07, 6.45) is 47.1. The standard InChI is InChI=1S/C70H136O17P2/c1-7-10-12-14-16-18-19-20-21-22-23-29-36-42-48-54-69(74)86-65(59-81-68(73)53-47-41-35-28-25-24-27-33-39-45-51-63(6)9-3)60-84-88(76,77)82-56-64(71)57-83-89(78,79)85-61-66(58-80-67(72)52-46-40-34-26-17-15-13-11-8-2)87-70(75)55-49-43-37-31-30-32-38-44-50-62(4)5/h62-66,71H,7-61H2,1-6H3,(H,76,77)(H,78,79)/t63?,64-,65-,66-/m1/s1. The maximum atomic E-state index is 13.0. The van der Waals surface area contributed by atoms with Crippen LogP contribution in [-0.2, 0) is 65.4 Å². The Morgan fingerprint density at radius 3 is 0.854 bits per heavy atom. The fourth-order valence-electron chi connectivity index (χ4n) is 10.6. The Bertz CT molecular complexity index is 1740. The highest BCUT2D eigenvalue weighted by Gasteiger charge is 2.30. The van der Waals surface area contributed by atoms with Crippen molar-refractivity contribution >= 4 is 39.5 Å². The van der Waals surface area contributed by atoms with Crippen molar-refractivity contribution < 1.29 is 80.2 Å². The van der Waals surface area contributed by atoms with Crippen molar-refractivity contribution in [1.29, 1.82) is 0 Å². The van der Waals surface area contributed by atoms with Crippen molar-refractivity contribution in [2.24, 2.45) is 11.8 Å². The van der Waals surface area contributed by atoms with Crippen LogP contribution in [0.3, 0.4) is 0 Å². The molecular weight excluding hydrogens is 1170 g/mol. The number of phosphoric ester groups is 2. The zero-order valence-corrected chi connectivity index (χ0v) is 59.5. The van der Waals surface area contributed by atoms with Crippen LogP contribution < -0.4 is 0 Å². The van der Waals surface area contributed by atoms with E-state index in [2.05, 4.69) is 41.5 Å². The first-order valence-corrected chi connectivity index (χ1v) is 39.5. The summed E-state index contributed by atoms with van der Waals surface area (Å²) in [5.41, 5.74) is 0. The Labute approximate surface area is 543 Å². The fourth-order valence-corrected chi connectivity index (χ4v) is 12.1. The third-order valence-electron chi connectivity index (χ3n) is 16.6. The molecule has 0 spiro atoms. The lowest BCUT2D eigenvalue weighted by Gasteiger charge is -2.21. The van der Waals surface area contributed by atoms with Crippen molar-refractivity contribution in [1.82, 2.24) is 0 Å². The van der Waals surface area contributed by atoms with E-state index in [1.165, 1.54) is 173 Å². The van der Waals surface area contributed by atoms with Crippen LogP contribution in [0.25, 0.3) is 0 Å². The molecule has 0 bridgehead atoms. The monoisotopic (exact) mass is 1310 g/mol. The second kappa shape index (κ2) is 62.2. The molecule has 19 heteroatoms. The number of hydrogen-bond acceptors (Lipinski definition) is 15. The number of aliphatic hydroxyl groups is 1. The number of carbonyl (C=O) groups is 4. The molecule has 89 heavy (non-hydrogen) atoms. The first-order chi connectivity index (χ1) is 42.9. The van der Waals surface area contributed by atoms with E-state index < -0.39 is 97.5 Å². The Kier molecular flexibility index (Phi) is 60.8. The number of hydrogen-bond donors (Lipinski definition) is 3. The topological polar surface area (TPSA) is 237 Å². The summed E-state index contributed by atoms with van der Waals surface area (Å²) in [4.78, 5) is 72.5. The van der Waals surface area contributed by atoms with Crippen LogP contribution in [0.4, 0.5) is 0 Å². The Hall–Kier alpha value is -1.94. The van der Waals surface area contributed by atoms with Gasteiger partial charge in [-0.3, -0.25) is 37.3 Å². The molecule has 3 unspecified atom stereocenters. The van der Waals surface area contributed by atoms with E-state index in [1.807, 2.05) is 0 Å². The number of rotatable bonds is 69. The molecule has 0 aliphatic carbocycles. The van der Waals surface area contributed by atoms with E-state index in [9.17, 15) is 43.2 Å². The predicted molar refractivity (Wildman–Crippen MR) is 358 cm³/mol. The first kappa shape index (κ1) is 87.1. The highest BCUT2D eigenvalue weighted by atomic mass is 31.2. The quantitative estimate of drug-likeness (QED) is 0.0222. The number of phosphoric acid groups is 2. The van der Waals surface area contributed by atoms with Gasteiger partial charge in [-0.25, -0.2) is 9.13 Å². The molecule has 528 valence electrons. The summed E-state index contributed by atoms with van der Waals surface area (Å²) in [5.74, 6) is -0.597. The largest absolute Gasteiger partial charge is 0.472 e. The lowest BCUT2D eigenvalue weighted by atomic mass is 9.99. The second-order valence-electron chi connectivity index (χ2n) is 26.0. The van der Waals surface area contributed by atoms with E-state index in [-0.39, 0.29) is 25.7 Å². The third kappa shape index (κ3) is 63.2. The lowest BCUT2D eigenvalue weighted by Crippen LogP contribution is -2.30. The highest BCUT2D eigenvalue weighted by Crippen LogP contribution is 2.45. The molecule has 0 rings (SSSR count). The predicted octanol–water partition coefficient (Wildman–Crippen LogP) is 20.0.